The van der Waals surface area contributed by atoms with Crippen LogP contribution in [0.3, 0.4) is 0 Å². The zero-order valence-electron chi connectivity index (χ0n) is 12.6. The van der Waals surface area contributed by atoms with Crippen LogP contribution < -0.4 is 9.47 Å². The van der Waals surface area contributed by atoms with Gasteiger partial charge in [0.2, 0.25) is 0 Å². The second-order valence-corrected chi connectivity index (χ2v) is 5.95. The third kappa shape index (κ3) is 3.33. The lowest BCUT2D eigenvalue weighted by molar-refractivity contribution is 0.300. The maximum Gasteiger partial charge on any atom is 0.119 e. The molecule has 0 N–H and O–H groups in total. The fourth-order valence-electron chi connectivity index (χ4n) is 2.48. The summed E-state index contributed by atoms with van der Waals surface area (Å²) in [6.45, 7) is 1.20. The number of fused-ring (bicyclic) bond motifs is 1. The average Bonchev–Trinajstić information content (AvgIpc) is 2.92. The van der Waals surface area contributed by atoms with Gasteiger partial charge in [-0.3, -0.25) is 0 Å². The number of aromatic nitrogens is 1. The quantitative estimate of drug-likeness (QED) is 0.670. The molecule has 0 spiro atoms. The van der Waals surface area contributed by atoms with E-state index in [2.05, 4.69) is 22.0 Å². The number of halogens is 1. The van der Waals surface area contributed by atoms with Crippen molar-refractivity contribution < 1.29 is 9.47 Å². The molecule has 2 aromatic carbocycles. The molecule has 4 nitrogen and oxygen atoms in total. The highest BCUT2D eigenvalue weighted by Gasteiger charge is 2.08. The average molecular weight is 371 g/mol. The van der Waals surface area contributed by atoms with E-state index in [1.165, 1.54) is 0 Å². The van der Waals surface area contributed by atoms with Gasteiger partial charge in [0.25, 0.3) is 0 Å². The lowest BCUT2D eigenvalue weighted by Gasteiger charge is -2.09. The van der Waals surface area contributed by atoms with E-state index in [1.807, 2.05) is 53.2 Å². The van der Waals surface area contributed by atoms with Gasteiger partial charge in [0.05, 0.1) is 19.2 Å². The summed E-state index contributed by atoms with van der Waals surface area (Å²) in [4.78, 5) is 0. The first kappa shape index (κ1) is 15.4. The minimum Gasteiger partial charge on any atom is -0.497 e. The fraction of sp³-hybridized carbons (Fsp3) is 0.167. The standard InChI is InChI=1S/C18H15BrN2O2/c1-22-15-3-5-16(6-4-15)23-9-8-21-12-13(11-20)17-10-14(19)2-7-18(17)21/h2-7,10,12H,8-9H2,1H3. The summed E-state index contributed by atoms with van der Waals surface area (Å²) in [6.07, 6.45) is 1.87. The molecule has 3 aromatic rings. The van der Waals surface area contributed by atoms with Crippen LogP contribution in [0.4, 0.5) is 0 Å². The Balaban J connectivity index is 1.73. The molecule has 0 atom stereocenters. The molecule has 0 aliphatic heterocycles. The second kappa shape index (κ2) is 6.76. The fourth-order valence-corrected chi connectivity index (χ4v) is 2.84. The Kier molecular flexibility index (Phi) is 4.54. The van der Waals surface area contributed by atoms with E-state index in [0.29, 0.717) is 18.7 Å². The van der Waals surface area contributed by atoms with Crippen LogP contribution in [0.15, 0.2) is 53.1 Å². The van der Waals surface area contributed by atoms with E-state index in [-0.39, 0.29) is 0 Å². The Morgan fingerprint density at radius 1 is 1.13 bits per heavy atom. The molecule has 0 amide bonds. The first-order valence-corrected chi connectivity index (χ1v) is 7.96. The molecule has 0 saturated heterocycles. The van der Waals surface area contributed by atoms with Crippen molar-refractivity contribution in [2.75, 3.05) is 13.7 Å². The molecule has 0 unspecified atom stereocenters. The molecule has 0 saturated carbocycles. The second-order valence-electron chi connectivity index (χ2n) is 5.03. The van der Waals surface area contributed by atoms with Crippen LogP contribution in [-0.2, 0) is 6.54 Å². The number of hydrogen-bond donors (Lipinski definition) is 0. The minimum absolute atomic E-state index is 0.525. The van der Waals surface area contributed by atoms with Gasteiger partial charge in [-0.25, -0.2) is 0 Å². The molecule has 3 rings (SSSR count). The predicted octanol–water partition coefficient (Wildman–Crippen LogP) is 4.36. The maximum absolute atomic E-state index is 9.27. The van der Waals surface area contributed by atoms with Crippen LogP contribution in [0.2, 0.25) is 0 Å². The molecule has 1 aromatic heterocycles. The van der Waals surface area contributed by atoms with E-state index in [9.17, 15) is 5.26 Å². The Morgan fingerprint density at radius 3 is 2.57 bits per heavy atom. The Hall–Kier alpha value is -2.45. The molecule has 5 heteroatoms. The Labute approximate surface area is 143 Å². The van der Waals surface area contributed by atoms with Crippen LogP contribution >= 0.6 is 15.9 Å². The number of rotatable bonds is 5. The highest BCUT2D eigenvalue weighted by Crippen LogP contribution is 2.25. The van der Waals surface area contributed by atoms with Crippen molar-refractivity contribution in [3.63, 3.8) is 0 Å². The topological polar surface area (TPSA) is 47.2 Å². The van der Waals surface area contributed by atoms with Gasteiger partial charge >= 0.3 is 0 Å². The summed E-state index contributed by atoms with van der Waals surface area (Å²) in [5.41, 5.74) is 1.70. The Bertz CT molecular complexity index is 863. The summed E-state index contributed by atoms with van der Waals surface area (Å²) in [5, 5.41) is 10.2. The third-order valence-electron chi connectivity index (χ3n) is 3.62. The molecule has 0 bridgehead atoms. The summed E-state index contributed by atoms with van der Waals surface area (Å²) >= 11 is 3.45. The van der Waals surface area contributed by atoms with Gasteiger partial charge in [-0.15, -0.1) is 0 Å². The highest BCUT2D eigenvalue weighted by atomic mass is 79.9. The molecule has 0 fully saturated rings. The minimum atomic E-state index is 0.525. The molecule has 116 valence electrons. The predicted molar refractivity (Wildman–Crippen MR) is 92.8 cm³/mol. The van der Waals surface area contributed by atoms with Crippen molar-refractivity contribution in [1.82, 2.24) is 4.57 Å². The monoisotopic (exact) mass is 370 g/mol. The van der Waals surface area contributed by atoms with E-state index < -0.39 is 0 Å². The van der Waals surface area contributed by atoms with Crippen LogP contribution in [0.25, 0.3) is 10.9 Å². The van der Waals surface area contributed by atoms with E-state index >= 15 is 0 Å². The normalized spacial score (nSPS) is 10.5. The lowest BCUT2D eigenvalue weighted by atomic mass is 10.2. The number of nitrogens with zero attached hydrogens (tertiary/aromatic N) is 2. The zero-order chi connectivity index (χ0) is 16.2. The molecule has 0 aliphatic rings. The van der Waals surface area contributed by atoms with E-state index in [4.69, 9.17) is 9.47 Å². The summed E-state index contributed by atoms with van der Waals surface area (Å²) in [6, 6.07) is 15.7. The van der Waals surface area contributed by atoms with Gasteiger partial charge < -0.3 is 14.0 Å². The first-order chi connectivity index (χ1) is 11.2. The maximum atomic E-state index is 9.27. The molecule has 1 heterocycles. The smallest absolute Gasteiger partial charge is 0.119 e. The Morgan fingerprint density at radius 2 is 1.87 bits per heavy atom. The van der Waals surface area contributed by atoms with Crippen LogP contribution in [0, 0.1) is 11.3 Å². The number of benzene rings is 2. The van der Waals surface area contributed by atoms with Crippen molar-refractivity contribution in [2.45, 2.75) is 6.54 Å². The summed E-state index contributed by atoms with van der Waals surface area (Å²) < 4.78 is 13.9. The van der Waals surface area contributed by atoms with Gasteiger partial charge in [-0.1, -0.05) is 15.9 Å². The molecule has 0 aliphatic carbocycles. The number of hydrogen-bond acceptors (Lipinski definition) is 3. The SMILES string of the molecule is COc1ccc(OCCn2cc(C#N)c3cc(Br)ccc32)cc1. The zero-order valence-corrected chi connectivity index (χ0v) is 14.2. The largest absolute Gasteiger partial charge is 0.497 e. The van der Waals surface area contributed by atoms with Crippen LogP contribution in [-0.4, -0.2) is 18.3 Å². The van der Waals surface area contributed by atoms with Gasteiger partial charge in [0, 0.05) is 21.6 Å². The van der Waals surface area contributed by atoms with Crippen molar-refractivity contribution in [3.05, 3.63) is 58.7 Å². The number of ether oxygens (including phenoxy) is 2. The van der Waals surface area contributed by atoms with Gasteiger partial charge in [-0.2, -0.15) is 5.26 Å². The third-order valence-corrected chi connectivity index (χ3v) is 4.12. The number of methoxy groups -OCH3 is 1. The van der Waals surface area contributed by atoms with Crippen LogP contribution in [0.1, 0.15) is 5.56 Å². The summed E-state index contributed by atoms with van der Waals surface area (Å²) in [5.74, 6) is 1.60. The van der Waals surface area contributed by atoms with Gasteiger partial charge in [-0.05, 0) is 42.5 Å². The summed E-state index contributed by atoms with van der Waals surface area (Å²) in [7, 11) is 1.64. The van der Waals surface area contributed by atoms with Crippen molar-refractivity contribution in [3.8, 4) is 17.6 Å². The van der Waals surface area contributed by atoms with Gasteiger partial charge in [0.15, 0.2) is 0 Å². The van der Waals surface area contributed by atoms with Crippen LogP contribution in [0.5, 0.6) is 11.5 Å². The first-order valence-electron chi connectivity index (χ1n) is 7.16. The van der Waals surface area contributed by atoms with E-state index in [0.717, 1.165) is 26.9 Å². The highest BCUT2D eigenvalue weighted by molar-refractivity contribution is 9.10. The lowest BCUT2D eigenvalue weighted by Crippen LogP contribution is -2.07. The molecular weight excluding hydrogens is 356 g/mol. The molecule has 23 heavy (non-hydrogen) atoms. The van der Waals surface area contributed by atoms with E-state index in [1.54, 1.807) is 7.11 Å². The molecule has 0 radical (unpaired) electrons. The molecular formula is C18H15BrN2O2. The van der Waals surface area contributed by atoms with Crippen molar-refractivity contribution in [2.24, 2.45) is 0 Å². The van der Waals surface area contributed by atoms with Crippen molar-refractivity contribution >= 4 is 26.8 Å². The van der Waals surface area contributed by atoms with Gasteiger partial charge in [0.1, 0.15) is 24.2 Å². The van der Waals surface area contributed by atoms with Crippen molar-refractivity contribution in [1.29, 1.82) is 5.26 Å². The number of nitriles is 1.